The number of hydrogen-bond acceptors (Lipinski definition) is 7. The average Bonchev–Trinajstić information content (AvgIpc) is 3.51. The molecule has 12 heteroatoms. The van der Waals surface area contributed by atoms with Gasteiger partial charge in [-0.2, -0.15) is 13.9 Å². The van der Waals surface area contributed by atoms with Gasteiger partial charge in [-0.05, 0) is 25.0 Å². The first-order valence-corrected chi connectivity index (χ1v) is 10.3. The van der Waals surface area contributed by atoms with E-state index >= 15 is 0 Å². The van der Waals surface area contributed by atoms with Crippen LogP contribution in [0.2, 0.25) is 0 Å². The first-order chi connectivity index (χ1) is 16.4. The van der Waals surface area contributed by atoms with Gasteiger partial charge < -0.3 is 15.4 Å². The highest BCUT2D eigenvalue weighted by Gasteiger charge is 2.26. The van der Waals surface area contributed by atoms with Crippen LogP contribution in [0, 0.1) is 0 Å². The average molecular weight is 472 g/mol. The van der Waals surface area contributed by atoms with Gasteiger partial charge in [-0.15, -0.1) is 0 Å². The summed E-state index contributed by atoms with van der Waals surface area (Å²) < 4.78 is 33.0. The van der Waals surface area contributed by atoms with E-state index in [-0.39, 0.29) is 34.4 Å². The van der Waals surface area contributed by atoms with E-state index in [9.17, 15) is 18.4 Å². The Balaban J connectivity index is 1.76. The first kappa shape index (κ1) is 23.1. The quantitative estimate of drug-likeness (QED) is 0.410. The van der Waals surface area contributed by atoms with Crippen molar-refractivity contribution in [2.75, 3.05) is 12.4 Å². The van der Waals surface area contributed by atoms with Gasteiger partial charge in [0.05, 0.1) is 30.2 Å². The molecule has 2 amide bonds. The predicted molar refractivity (Wildman–Crippen MR) is 118 cm³/mol. The number of rotatable bonds is 9. The lowest BCUT2D eigenvalue weighted by molar-refractivity contribution is -0.0489. The van der Waals surface area contributed by atoms with Crippen molar-refractivity contribution in [1.29, 1.82) is 0 Å². The van der Waals surface area contributed by atoms with Crippen molar-refractivity contribution in [3.05, 3.63) is 54.1 Å². The molecule has 178 valence electrons. The number of alkyl halides is 2. The molecule has 3 N–H and O–H groups in total. The lowest BCUT2D eigenvalue weighted by atomic mass is 10.1. The van der Waals surface area contributed by atoms with Crippen LogP contribution >= 0.6 is 0 Å². The van der Waals surface area contributed by atoms with Crippen LogP contribution < -0.4 is 20.9 Å². The van der Waals surface area contributed by atoms with Gasteiger partial charge >= 0.3 is 6.61 Å². The van der Waals surface area contributed by atoms with Crippen molar-refractivity contribution < 1.29 is 27.9 Å². The summed E-state index contributed by atoms with van der Waals surface area (Å²) in [6.45, 7) is -3.10. The second-order valence-electron chi connectivity index (χ2n) is 7.59. The number of aryl methyl sites for hydroxylation is 1. The van der Waals surface area contributed by atoms with Crippen LogP contribution in [0.5, 0.6) is 5.75 Å². The molecular weight excluding hydrogens is 450 g/mol. The molecule has 0 radical (unpaired) electrons. The van der Waals surface area contributed by atoms with Crippen LogP contribution in [0.3, 0.4) is 0 Å². The van der Waals surface area contributed by atoms with E-state index in [0.29, 0.717) is 11.1 Å². The van der Waals surface area contributed by atoms with Crippen LogP contribution in [0.15, 0.2) is 42.9 Å². The third-order valence-corrected chi connectivity index (χ3v) is 5.00. The summed E-state index contributed by atoms with van der Waals surface area (Å²) in [6.07, 6.45) is 6.15. The van der Waals surface area contributed by atoms with Crippen LogP contribution in [0.25, 0.3) is 11.1 Å². The molecule has 34 heavy (non-hydrogen) atoms. The lowest BCUT2D eigenvalue weighted by Crippen LogP contribution is -2.27. The van der Waals surface area contributed by atoms with Crippen molar-refractivity contribution in [3.8, 4) is 16.9 Å². The number of carbonyl (C=O) groups excluding carboxylic acids is 2. The number of hydrogen-bond donors (Lipinski definition) is 3. The molecule has 0 unspecified atom stereocenters. The minimum atomic E-state index is -3.10. The fourth-order valence-corrected chi connectivity index (χ4v) is 3.28. The fourth-order valence-electron chi connectivity index (χ4n) is 3.28. The van der Waals surface area contributed by atoms with E-state index in [0.717, 1.165) is 12.8 Å². The van der Waals surface area contributed by atoms with E-state index < -0.39 is 18.4 Å². The van der Waals surface area contributed by atoms with Gasteiger partial charge in [-0.25, -0.2) is 5.48 Å². The molecule has 2 aromatic heterocycles. The van der Waals surface area contributed by atoms with Gasteiger partial charge in [0.15, 0.2) is 5.75 Å². The number of hydroxylamine groups is 1. The van der Waals surface area contributed by atoms with Crippen molar-refractivity contribution in [1.82, 2.24) is 25.6 Å². The summed E-state index contributed by atoms with van der Waals surface area (Å²) in [7, 11) is 2.97. The normalized spacial score (nSPS) is 13.0. The molecule has 10 nitrogen and oxygen atoms in total. The molecule has 0 saturated heterocycles. The number of benzene rings is 1. The Hall–Kier alpha value is -4.06. The third kappa shape index (κ3) is 5.29. The summed E-state index contributed by atoms with van der Waals surface area (Å²) in [5.74, 6) is -1.20. The highest BCUT2D eigenvalue weighted by Crippen LogP contribution is 2.39. The number of amides is 2. The number of pyridine rings is 1. The topological polar surface area (TPSA) is 119 Å². The third-order valence-electron chi connectivity index (χ3n) is 5.00. The number of nitrogens with zero attached hydrogens (tertiary/aromatic N) is 3. The molecule has 1 aromatic carbocycles. The minimum Gasteiger partial charge on any atom is -0.432 e. The standard InChI is InChI=1S/C22H22F2N6O4/c1-30-11-12(9-26-30)14-4-3-5-16(19(14)34-22(23)24)28-17-8-18(21(32)27-13-6-7-13)25-10-15(17)20(31)29-33-2/h3-5,8-11,13,22H,6-7H2,1-2H3,(H,25,28)(H,27,32)(H,29,31). The Kier molecular flexibility index (Phi) is 6.68. The number of anilines is 2. The smallest absolute Gasteiger partial charge is 0.387 e. The van der Waals surface area contributed by atoms with Gasteiger partial charge in [0.25, 0.3) is 11.8 Å². The Morgan fingerprint density at radius 2 is 1.97 bits per heavy atom. The van der Waals surface area contributed by atoms with E-state index in [4.69, 9.17) is 4.74 Å². The zero-order valence-corrected chi connectivity index (χ0v) is 18.3. The Bertz CT molecular complexity index is 1210. The molecule has 1 saturated carbocycles. The van der Waals surface area contributed by atoms with Gasteiger partial charge in [0.1, 0.15) is 5.69 Å². The van der Waals surface area contributed by atoms with E-state index in [1.54, 1.807) is 25.4 Å². The highest BCUT2D eigenvalue weighted by atomic mass is 19.3. The molecule has 0 aliphatic heterocycles. The molecule has 1 aliphatic rings. The largest absolute Gasteiger partial charge is 0.432 e. The van der Waals surface area contributed by atoms with Crippen LogP contribution in [0.1, 0.15) is 33.7 Å². The second-order valence-corrected chi connectivity index (χ2v) is 7.59. The maximum atomic E-state index is 13.3. The number of nitrogens with one attached hydrogen (secondary N) is 3. The summed E-state index contributed by atoms with van der Waals surface area (Å²) >= 11 is 0. The summed E-state index contributed by atoms with van der Waals surface area (Å²) in [4.78, 5) is 33.8. The number of ether oxygens (including phenoxy) is 1. The molecule has 4 rings (SSSR count). The van der Waals surface area contributed by atoms with E-state index in [1.807, 2.05) is 0 Å². The Morgan fingerprint density at radius 3 is 2.62 bits per heavy atom. The fraction of sp³-hybridized carbons (Fsp3) is 0.273. The highest BCUT2D eigenvalue weighted by molar-refractivity contribution is 6.02. The lowest BCUT2D eigenvalue weighted by Gasteiger charge is -2.18. The monoisotopic (exact) mass is 472 g/mol. The van der Waals surface area contributed by atoms with Gasteiger partial charge in [-0.1, -0.05) is 12.1 Å². The maximum Gasteiger partial charge on any atom is 0.387 e. The summed E-state index contributed by atoms with van der Waals surface area (Å²) in [6, 6.07) is 6.23. The van der Waals surface area contributed by atoms with E-state index in [2.05, 4.69) is 31.0 Å². The van der Waals surface area contributed by atoms with Crippen molar-refractivity contribution in [3.63, 3.8) is 0 Å². The first-order valence-electron chi connectivity index (χ1n) is 10.3. The summed E-state index contributed by atoms with van der Waals surface area (Å²) in [5.41, 5.74) is 3.48. The minimum absolute atomic E-state index is 0.0274. The molecule has 0 bridgehead atoms. The number of carbonyl (C=O) groups is 2. The Labute approximate surface area is 193 Å². The van der Waals surface area contributed by atoms with Gasteiger partial charge in [0.2, 0.25) is 0 Å². The number of para-hydroxylation sites is 1. The molecule has 1 aliphatic carbocycles. The molecule has 3 aromatic rings. The predicted octanol–water partition coefficient (Wildman–Crippen LogP) is 3.01. The molecule has 1 fully saturated rings. The van der Waals surface area contributed by atoms with Crippen molar-refractivity contribution in [2.45, 2.75) is 25.5 Å². The van der Waals surface area contributed by atoms with Crippen LogP contribution in [-0.2, 0) is 11.9 Å². The van der Waals surface area contributed by atoms with Crippen molar-refractivity contribution in [2.24, 2.45) is 7.05 Å². The summed E-state index contributed by atoms with van der Waals surface area (Å²) in [5, 5.41) is 9.84. The number of aromatic nitrogens is 3. The van der Waals surface area contributed by atoms with Gasteiger partial charge in [-0.3, -0.25) is 24.1 Å². The molecule has 0 spiro atoms. The van der Waals surface area contributed by atoms with E-state index in [1.165, 1.54) is 36.3 Å². The van der Waals surface area contributed by atoms with Crippen LogP contribution in [-0.4, -0.2) is 46.3 Å². The Morgan fingerprint density at radius 1 is 1.18 bits per heavy atom. The second kappa shape index (κ2) is 9.83. The zero-order chi connectivity index (χ0) is 24.2. The SMILES string of the molecule is CONC(=O)c1cnc(C(=O)NC2CC2)cc1Nc1cccc(-c2cnn(C)c2)c1OC(F)F. The molecule has 2 heterocycles. The number of halogens is 2. The molecule has 0 atom stereocenters. The van der Waals surface area contributed by atoms with Gasteiger partial charge in [0, 0.05) is 36.6 Å². The van der Waals surface area contributed by atoms with Crippen molar-refractivity contribution >= 4 is 23.2 Å². The molecular formula is C22H22F2N6O4. The maximum absolute atomic E-state index is 13.3. The van der Waals surface area contributed by atoms with Crippen LogP contribution in [0.4, 0.5) is 20.2 Å². The zero-order valence-electron chi connectivity index (χ0n) is 18.3.